The Morgan fingerprint density at radius 2 is 1.71 bits per heavy atom. The van der Waals surface area contributed by atoms with Crippen LogP contribution >= 0.6 is 15.9 Å². The van der Waals surface area contributed by atoms with Crippen molar-refractivity contribution in [3.05, 3.63) is 34.3 Å². The second kappa shape index (κ2) is 7.03. The van der Waals surface area contributed by atoms with Crippen LogP contribution in [0.3, 0.4) is 0 Å². The minimum Gasteiger partial charge on any atom is -0.330 e. The lowest BCUT2D eigenvalue weighted by atomic mass is 9.98. The quantitative estimate of drug-likeness (QED) is 0.743. The first-order valence-electron chi connectivity index (χ1n) is 7.30. The second-order valence-electron chi connectivity index (χ2n) is 5.87. The minimum absolute atomic E-state index is 0.0371. The molecule has 1 aromatic carbocycles. The van der Waals surface area contributed by atoms with Gasteiger partial charge in [0.1, 0.15) is 9.84 Å². The largest absolute Gasteiger partial charge is 0.413 e. The van der Waals surface area contributed by atoms with Gasteiger partial charge in [-0.1, -0.05) is 28.1 Å². The van der Waals surface area contributed by atoms with Crippen molar-refractivity contribution in [3.8, 4) is 0 Å². The van der Waals surface area contributed by atoms with Crippen LogP contribution in [0.4, 0.5) is 13.2 Å². The number of halogens is 4. The van der Waals surface area contributed by atoms with Crippen molar-refractivity contribution in [1.29, 1.82) is 0 Å². The van der Waals surface area contributed by atoms with Crippen LogP contribution < -0.4 is 0 Å². The Kier molecular flexibility index (Phi) is 5.64. The number of sulfone groups is 1. The number of carbonyl (C=O) groups is 1. The first-order valence-corrected chi connectivity index (χ1v) is 9.92. The maximum absolute atomic E-state index is 13.5. The summed E-state index contributed by atoms with van der Waals surface area (Å²) in [6.07, 6.45) is -4.49. The van der Waals surface area contributed by atoms with Crippen molar-refractivity contribution in [2.24, 2.45) is 5.92 Å². The normalized spacial score (nSPS) is 19.7. The molecule has 4 nitrogen and oxygen atoms in total. The van der Waals surface area contributed by atoms with Crippen LogP contribution in [0, 0.1) is 5.92 Å². The van der Waals surface area contributed by atoms with E-state index in [9.17, 15) is 26.4 Å². The lowest BCUT2D eigenvalue weighted by Gasteiger charge is -2.34. The monoisotopic (exact) mass is 427 g/mol. The van der Waals surface area contributed by atoms with Gasteiger partial charge in [-0.3, -0.25) is 4.79 Å². The molecule has 0 aromatic heterocycles. The van der Waals surface area contributed by atoms with Gasteiger partial charge in [0, 0.05) is 17.4 Å². The van der Waals surface area contributed by atoms with E-state index < -0.39 is 33.9 Å². The summed E-state index contributed by atoms with van der Waals surface area (Å²) < 4.78 is 64.0. The first-order chi connectivity index (χ1) is 11.0. The van der Waals surface area contributed by atoms with Crippen molar-refractivity contribution in [3.63, 3.8) is 0 Å². The maximum Gasteiger partial charge on any atom is 0.413 e. The molecule has 0 N–H and O–H groups in total. The molecule has 1 saturated heterocycles. The van der Waals surface area contributed by atoms with Crippen molar-refractivity contribution < 1.29 is 26.4 Å². The molecule has 0 unspecified atom stereocenters. The molecule has 1 aliphatic heterocycles. The summed E-state index contributed by atoms with van der Waals surface area (Å²) in [5.74, 6) is -1.69. The van der Waals surface area contributed by atoms with E-state index in [1.54, 1.807) is 0 Å². The standard InChI is InChI=1S/C15H17BrF3NO3S/c1-20(14(21)11-6-8-24(22,23)9-7-11)13(15(17,18)19)10-2-4-12(16)5-3-10/h2-5,11,13H,6-9H2,1H3/t13-/m0/s1. The molecule has 1 amide bonds. The Morgan fingerprint density at radius 3 is 2.17 bits per heavy atom. The van der Waals surface area contributed by atoms with Gasteiger partial charge in [0.05, 0.1) is 11.5 Å². The molecule has 134 valence electrons. The van der Waals surface area contributed by atoms with Crippen LogP contribution in [0.5, 0.6) is 0 Å². The highest BCUT2D eigenvalue weighted by Crippen LogP contribution is 2.38. The highest BCUT2D eigenvalue weighted by Gasteiger charge is 2.46. The average molecular weight is 428 g/mol. The van der Waals surface area contributed by atoms with E-state index in [2.05, 4.69) is 15.9 Å². The average Bonchev–Trinajstić information content (AvgIpc) is 2.47. The van der Waals surface area contributed by atoms with Crippen LogP contribution in [-0.4, -0.2) is 44.0 Å². The van der Waals surface area contributed by atoms with E-state index in [0.717, 1.165) is 7.05 Å². The van der Waals surface area contributed by atoms with Crippen molar-refractivity contribution in [1.82, 2.24) is 4.90 Å². The predicted octanol–water partition coefficient (Wildman–Crippen LogP) is 3.34. The Morgan fingerprint density at radius 1 is 1.21 bits per heavy atom. The lowest BCUT2D eigenvalue weighted by Crippen LogP contribution is -2.44. The number of hydrogen-bond acceptors (Lipinski definition) is 3. The van der Waals surface area contributed by atoms with Gasteiger partial charge in [0.25, 0.3) is 0 Å². The Labute approximate surface area is 147 Å². The summed E-state index contributed by atoms with van der Waals surface area (Å²) in [5, 5.41) is 0. The van der Waals surface area contributed by atoms with Gasteiger partial charge in [-0.05, 0) is 30.5 Å². The van der Waals surface area contributed by atoms with E-state index in [4.69, 9.17) is 0 Å². The van der Waals surface area contributed by atoms with Gasteiger partial charge < -0.3 is 4.90 Å². The highest BCUT2D eigenvalue weighted by atomic mass is 79.9. The predicted molar refractivity (Wildman–Crippen MR) is 87.1 cm³/mol. The molecular formula is C15H17BrF3NO3S. The number of rotatable bonds is 3. The smallest absolute Gasteiger partial charge is 0.330 e. The molecule has 0 aliphatic carbocycles. The van der Waals surface area contributed by atoms with E-state index in [0.29, 0.717) is 9.37 Å². The molecular weight excluding hydrogens is 411 g/mol. The molecule has 0 saturated carbocycles. The fourth-order valence-electron chi connectivity index (χ4n) is 2.83. The Balaban J connectivity index is 2.23. The molecule has 9 heteroatoms. The third kappa shape index (κ3) is 4.50. The van der Waals surface area contributed by atoms with E-state index in [1.807, 2.05) is 0 Å². The van der Waals surface area contributed by atoms with Crippen LogP contribution in [-0.2, 0) is 14.6 Å². The summed E-state index contributed by atoms with van der Waals surface area (Å²) in [6.45, 7) is 0. The van der Waals surface area contributed by atoms with Crippen molar-refractivity contribution in [2.75, 3.05) is 18.6 Å². The fourth-order valence-corrected chi connectivity index (χ4v) is 4.59. The van der Waals surface area contributed by atoms with E-state index in [-0.39, 0.29) is 29.9 Å². The molecule has 1 atom stereocenters. The fraction of sp³-hybridized carbons (Fsp3) is 0.533. The van der Waals surface area contributed by atoms with Gasteiger partial charge in [0.2, 0.25) is 5.91 Å². The number of amides is 1. The second-order valence-corrected chi connectivity index (χ2v) is 9.09. The minimum atomic E-state index is -4.63. The topological polar surface area (TPSA) is 54.5 Å². The molecule has 1 aliphatic rings. The lowest BCUT2D eigenvalue weighted by molar-refractivity contribution is -0.190. The number of carbonyl (C=O) groups excluding carboxylic acids is 1. The van der Waals surface area contributed by atoms with E-state index in [1.165, 1.54) is 24.3 Å². The van der Waals surface area contributed by atoms with Crippen molar-refractivity contribution >= 4 is 31.7 Å². The highest BCUT2D eigenvalue weighted by molar-refractivity contribution is 9.10. The summed E-state index contributed by atoms with van der Waals surface area (Å²) >= 11 is 3.17. The first kappa shape index (κ1) is 19.2. The molecule has 0 spiro atoms. The summed E-state index contributed by atoms with van der Waals surface area (Å²) in [4.78, 5) is 13.1. The van der Waals surface area contributed by atoms with Gasteiger partial charge in [-0.25, -0.2) is 8.42 Å². The zero-order valence-electron chi connectivity index (χ0n) is 12.9. The van der Waals surface area contributed by atoms with Crippen molar-refractivity contribution in [2.45, 2.75) is 25.1 Å². The zero-order valence-corrected chi connectivity index (χ0v) is 15.3. The number of nitrogens with zero attached hydrogens (tertiary/aromatic N) is 1. The van der Waals surface area contributed by atoms with Crippen LogP contribution in [0.2, 0.25) is 0 Å². The SMILES string of the molecule is CN(C(=O)C1CCS(=O)(=O)CC1)[C@@H](c1ccc(Br)cc1)C(F)(F)F. The molecule has 1 aromatic rings. The van der Waals surface area contributed by atoms with Gasteiger partial charge >= 0.3 is 6.18 Å². The summed E-state index contributed by atoms with van der Waals surface area (Å²) in [6, 6.07) is 3.55. The molecule has 2 rings (SSSR count). The van der Waals surface area contributed by atoms with Crippen LogP contribution in [0.25, 0.3) is 0 Å². The number of hydrogen-bond donors (Lipinski definition) is 0. The van der Waals surface area contributed by atoms with Gasteiger partial charge in [-0.15, -0.1) is 0 Å². The third-order valence-electron chi connectivity index (χ3n) is 4.13. The van der Waals surface area contributed by atoms with Gasteiger partial charge in [-0.2, -0.15) is 13.2 Å². The number of alkyl halides is 3. The summed E-state index contributed by atoms with van der Waals surface area (Å²) in [7, 11) is -2.06. The van der Waals surface area contributed by atoms with Gasteiger partial charge in [0.15, 0.2) is 6.04 Å². The Bertz CT molecular complexity index is 690. The number of benzene rings is 1. The third-order valence-corrected chi connectivity index (χ3v) is 6.38. The van der Waals surface area contributed by atoms with Crippen LogP contribution in [0.15, 0.2) is 28.7 Å². The maximum atomic E-state index is 13.5. The van der Waals surface area contributed by atoms with Crippen LogP contribution in [0.1, 0.15) is 24.4 Å². The van der Waals surface area contributed by atoms with E-state index >= 15 is 0 Å². The molecule has 1 fully saturated rings. The zero-order chi connectivity index (χ0) is 18.1. The molecule has 24 heavy (non-hydrogen) atoms. The molecule has 0 bridgehead atoms. The Hall–Kier alpha value is -1.09. The summed E-state index contributed by atoms with van der Waals surface area (Å²) in [5.41, 5.74) is -0.0371. The molecule has 1 heterocycles. The molecule has 0 radical (unpaired) electrons.